The third kappa shape index (κ3) is 5.75. The van der Waals surface area contributed by atoms with Crippen LogP contribution in [0.2, 0.25) is 0 Å². The first-order chi connectivity index (χ1) is 16.3. The molecule has 172 valence electrons. The lowest BCUT2D eigenvalue weighted by Gasteiger charge is -2.25. The lowest BCUT2D eigenvalue weighted by Crippen LogP contribution is -2.30. The number of hydrogen-bond acceptors (Lipinski definition) is 3. The number of rotatable bonds is 7. The van der Waals surface area contributed by atoms with Gasteiger partial charge in [-0.05, 0) is 72.3 Å². The summed E-state index contributed by atoms with van der Waals surface area (Å²) in [5.41, 5.74) is 2.23. The Labute approximate surface area is 215 Å². The molecule has 0 unspecified atom stereocenters. The predicted molar refractivity (Wildman–Crippen MR) is 142 cm³/mol. The molecular formula is C26H20Br2N2O3S. The smallest absolute Gasteiger partial charge is 0.264 e. The first-order valence-corrected chi connectivity index (χ1v) is 13.3. The maximum absolute atomic E-state index is 13.8. The normalized spacial score (nSPS) is 11.1. The predicted octanol–water partition coefficient (Wildman–Crippen LogP) is 6.86. The molecule has 0 aliphatic carbocycles. The average Bonchev–Trinajstić information content (AvgIpc) is 2.85. The van der Waals surface area contributed by atoms with Crippen LogP contribution in [0.5, 0.6) is 0 Å². The standard InChI is InChI=1S/C26H20Br2N2O3S/c27-21-9-13-23(14-10-21)29-26(31)20-7-4-8-25(17-20)34(32,33)30(18-19-5-2-1-3-6-19)24-15-11-22(28)12-16-24/h1-17H,18H2,(H,29,31). The largest absolute Gasteiger partial charge is 0.322 e. The molecule has 1 amide bonds. The second-order valence-corrected chi connectivity index (χ2v) is 11.2. The molecular weight excluding hydrogens is 580 g/mol. The number of carbonyl (C=O) groups excluding carboxylic acids is 1. The van der Waals surface area contributed by atoms with Crippen LogP contribution in [-0.2, 0) is 16.6 Å². The number of halogens is 2. The highest BCUT2D eigenvalue weighted by Gasteiger charge is 2.26. The van der Waals surface area contributed by atoms with Crippen LogP contribution in [0.4, 0.5) is 11.4 Å². The van der Waals surface area contributed by atoms with Gasteiger partial charge in [-0.2, -0.15) is 0 Å². The average molecular weight is 600 g/mol. The van der Waals surface area contributed by atoms with E-state index in [1.165, 1.54) is 16.4 Å². The summed E-state index contributed by atoms with van der Waals surface area (Å²) in [7, 11) is -3.97. The molecule has 34 heavy (non-hydrogen) atoms. The summed E-state index contributed by atoms with van der Waals surface area (Å²) in [6, 6.07) is 29.7. The Kier molecular flexibility index (Phi) is 7.50. The minimum absolute atomic E-state index is 0.0369. The molecule has 4 rings (SSSR count). The van der Waals surface area contributed by atoms with Gasteiger partial charge in [-0.25, -0.2) is 8.42 Å². The fraction of sp³-hybridized carbons (Fsp3) is 0.0385. The Hall–Kier alpha value is -2.94. The van der Waals surface area contributed by atoms with E-state index in [4.69, 9.17) is 0 Å². The molecule has 0 fully saturated rings. The highest BCUT2D eigenvalue weighted by molar-refractivity contribution is 9.10. The molecule has 0 heterocycles. The lowest BCUT2D eigenvalue weighted by molar-refractivity contribution is 0.102. The summed E-state index contributed by atoms with van der Waals surface area (Å²) in [5, 5.41) is 2.80. The number of amides is 1. The molecule has 4 aromatic carbocycles. The Morgan fingerprint density at radius 1 is 0.765 bits per heavy atom. The van der Waals surface area contributed by atoms with Crippen molar-refractivity contribution in [2.45, 2.75) is 11.4 Å². The van der Waals surface area contributed by atoms with Gasteiger partial charge in [0.2, 0.25) is 0 Å². The summed E-state index contributed by atoms with van der Waals surface area (Å²) >= 11 is 6.76. The Bertz CT molecular complexity index is 1390. The topological polar surface area (TPSA) is 66.5 Å². The third-order valence-electron chi connectivity index (χ3n) is 5.07. The quantitative estimate of drug-likeness (QED) is 0.252. The Morgan fingerprint density at radius 2 is 1.38 bits per heavy atom. The van der Waals surface area contributed by atoms with Crippen LogP contribution in [-0.4, -0.2) is 14.3 Å². The summed E-state index contributed by atoms with van der Waals surface area (Å²) in [5.74, 6) is -0.391. The van der Waals surface area contributed by atoms with Gasteiger partial charge in [-0.3, -0.25) is 9.10 Å². The summed E-state index contributed by atoms with van der Waals surface area (Å²) in [6.07, 6.45) is 0. The first-order valence-electron chi connectivity index (χ1n) is 10.3. The molecule has 0 atom stereocenters. The van der Waals surface area contributed by atoms with Crippen molar-refractivity contribution in [3.05, 3.63) is 123 Å². The second kappa shape index (κ2) is 10.5. The van der Waals surface area contributed by atoms with Crippen molar-refractivity contribution in [1.29, 1.82) is 0 Å². The van der Waals surface area contributed by atoms with Gasteiger partial charge in [0.15, 0.2) is 0 Å². The van der Waals surface area contributed by atoms with E-state index >= 15 is 0 Å². The van der Waals surface area contributed by atoms with E-state index < -0.39 is 15.9 Å². The van der Waals surface area contributed by atoms with Gasteiger partial charge < -0.3 is 5.32 Å². The van der Waals surface area contributed by atoms with Crippen molar-refractivity contribution < 1.29 is 13.2 Å². The number of nitrogens with zero attached hydrogens (tertiary/aromatic N) is 1. The molecule has 0 spiro atoms. The van der Waals surface area contributed by atoms with Gasteiger partial charge in [0.25, 0.3) is 15.9 Å². The van der Waals surface area contributed by atoms with Crippen LogP contribution in [0.1, 0.15) is 15.9 Å². The van der Waals surface area contributed by atoms with Gasteiger partial charge in [0.1, 0.15) is 0 Å². The van der Waals surface area contributed by atoms with Crippen LogP contribution in [0.3, 0.4) is 0 Å². The Morgan fingerprint density at radius 3 is 2.03 bits per heavy atom. The zero-order valence-corrected chi connectivity index (χ0v) is 21.8. The van der Waals surface area contributed by atoms with Gasteiger partial charge in [0.05, 0.1) is 17.1 Å². The first kappa shape index (κ1) is 24.2. The highest BCUT2D eigenvalue weighted by atomic mass is 79.9. The van der Waals surface area contributed by atoms with Gasteiger partial charge >= 0.3 is 0 Å². The van der Waals surface area contributed by atoms with Crippen molar-refractivity contribution in [2.75, 3.05) is 9.62 Å². The highest BCUT2D eigenvalue weighted by Crippen LogP contribution is 2.28. The molecule has 5 nitrogen and oxygen atoms in total. The molecule has 8 heteroatoms. The van der Waals surface area contributed by atoms with Crippen molar-refractivity contribution in [2.24, 2.45) is 0 Å². The van der Waals surface area contributed by atoms with E-state index in [9.17, 15) is 13.2 Å². The van der Waals surface area contributed by atoms with Crippen molar-refractivity contribution in [1.82, 2.24) is 0 Å². The molecule has 0 aromatic heterocycles. The van der Waals surface area contributed by atoms with Crippen molar-refractivity contribution >= 4 is 59.2 Å². The fourth-order valence-electron chi connectivity index (χ4n) is 3.33. The summed E-state index contributed by atoms with van der Waals surface area (Å²) in [4.78, 5) is 12.8. The van der Waals surface area contributed by atoms with Crippen LogP contribution in [0.15, 0.2) is 117 Å². The van der Waals surface area contributed by atoms with E-state index in [0.29, 0.717) is 11.4 Å². The molecule has 0 radical (unpaired) electrons. The number of carbonyl (C=O) groups is 1. The molecule has 0 aliphatic heterocycles. The van der Waals surface area contributed by atoms with E-state index in [2.05, 4.69) is 37.2 Å². The van der Waals surface area contributed by atoms with Gasteiger partial charge in [-0.15, -0.1) is 0 Å². The minimum atomic E-state index is -3.97. The van der Waals surface area contributed by atoms with Gasteiger partial charge in [-0.1, -0.05) is 68.3 Å². The molecule has 1 N–H and O–H groups in total. The SMILES string of the molecule is O=C(Nc1ccc(Br)cc1)c1cccc(S(=O)(=O)N(Cc2ccccc2)c2ccc(Br)cc2)c1. The third-order valence-corrected chi connectivity index (χ3v) is 7.90. The molecule has 0 aliphatic rings. The van der Waals surface area contributed by atoms with Crippen LogP contribution in [0, 0.1) is 0 Å². The lowest BCUT2D eigenvalue weighted by atomic mass is 10.2. The van der Waals surface area contributed by atoms with Crippen molar-refractivity contribution in [3.63, 3.8) is 0 Å². The second-order valence-electron chi connectivity index (χ2n) is 7.46. The fourth-order valence-corrected chi connectivity index (χ4v) is 5.36. The number of hydrogen-bond donors (Lipinski definition) is 1. The minimum Gasteiger partial charge on any atom is -0.322 e. The number of benzene rings is 4. The van der Waals surface area contributed by atoms with Crippen molar-refractivity contribution in [3.8, 4) is 0 Å². The number of nitrogens with one attached hydrogen (secondary N) is 1. The molecule has 0 saturated heterocycles. The van der Waals surface area contributed by atoms with Crippen LogP contribution < -0.4 is 9.62 Å². The molecule has 0 saturated carbocycles. The zero-order valence-electron chi connectivity index (χ0n) is 17.9. The van der Waals surface area contributed by atoms with E-state index in [1.807, 2.05) is 42.5 Å². The Balaban J connectivity index is 1.67. The van der Waals surface area contributed by atoms with E-state index in [0.717, 1.165) is 14.5 Å². The van der Waals surface area contributed by atoms with E-state index in [-0.39, 0.29) is 17.0 Å². The maximum atomic E-state index is 13.8. The number of sulfonamides is 1. The van der Waals surface area contributed by atoms with Crippen LogP contribution in [0.25, 0.3) is 0 Å². The van der Waals surface area contributed by atoms with Gasteiger partial charge in [0, 0.05) is 20.2 Å². The molecule has 0 bridgehead atoms. The van der Waals surface area contributed by atoms with Crippen LogP contribution >= 0.6 is 31.9 Å². The monoisotopic (exact) mass is 598 g/mol. The number of anilines is 2. The summed E-state index contributed by atoms with van der Waals surface area (Å²) < 4.78 is 30.6. The zero-order chi connectivity index (χ0) is 24.1. The molecule has 4 aromatic rings. The van der Waals surface area contributed by atoms with E-state index in [1.54, 1.807) is 48.5 Å². The summed E-state index contributed by atoms with van der Waals surface area (Å²) in [6.45, 7) is 0.153. The maximum Gasteiger partial charge on any atom is 0.264 e.